The SMILES string of the molecule is CC(C)(C)c1nn2c(SCC(=O)Nc3ccc(Br)cc3)nnc2[nH]c1=O. The number of amides is 1. The summed E-state index contributed by atoms with van der Waals surface area (Å²) in [4.78, 5) is 26.9. The number of hydrogen-bond donors (Lipinski definition) is 2. The van der Waals surface area contributed by atoms with Gasteiger partial charge in [0.05, 0.1) is 5.75 Å². The zero-order valence-electron chi connectivity index (χ0n) is 14.4. The smallest absolute Gasteiger partial charge is 0.274 e. The molecule has 0 fully saturated rings. The number of H-pyrrole nitrogens is 1. The molecule has 0 aliphatic rings. The number of halogens is 1. The van der Waals surface area contributed by atoms with Crippen LogP contribution in [0.2, 0.25) is 0 Å². The molecule has 2 heterocycles. The quantitative estimate of drug-likeness (QED) is 0.608. The van der Waals surface area contributed by atoms with Crippen molar-refractivity contribution in [1.82, 2.24) is 24.8 Å². The lowest BCUT2D eigenvalue weighted by Gasteiger charge is -2.15. The van der Waals surface area contributed by atoms with Crippen LogP contribution in [0.5, 0.6) is 0 Å². The van der Waals surface area contributed by atoms with Gasteiger partial charge in [-0.05, 0) is 24.3 Å². The third-order valence-electron chi connectivity index (χ3n) is 3.42. The topological polar surface area (TPSA) is 105 Å². The molecule has 2 N–H and O–H groups in total. The Kier molecular flexibility index (Phi) is 5.15. The third-order valence-corrected chi connectivity index (χ3v) is 4.87. The number of carbonyl (C=O) groups is 1. The molecule has 0 saturated carbocycles. The highest BCUT2D eigenvalue weighted by Crippen LogP contribution is 2.19. The number of benzene rings is 1. The van der Waals surface area contributed by atoms with Gasteiger partial charge in [0, 0.05) is 15.6 Å². The zero-order chi connectivity index (χ0) is 18.9. The lowest BCUT2D eigenvalue weighted by Crippen LogP contribution is -2.28. The van der Waals surface area contributed by atoms with Crippen LogP contribution in [0.15, 0.2) is 38.7 Å². The van der Waals surface area contributed by atoms with E-state index in [1.54, 1.807) is 12.1 Å². The van der Waals surface area contributed by atoms with Crippen LogP contribution >= 0.6 is 27.7 Å². The maximum atomic E-state index is 12.1. The zero-order valence-corrected chi connectivity index (χ0v) is 16.8. The van der Waals surface area contributed by atoms with Crippen LogP contribution in [0.4, 0.5) is 5.69 Å². The first-order chi connectivity index (χ1) is 12.2. The first-order valence-corrected chi connectivity index (χ1v) is 9.56. The second-order valence-electron chi connectivity index (χ2n) is 6.61. The van der Waals surface area contributed by atoms with E-state index in [0.717, 1.165) is 4.47 Å². The number of anilines is 1. The minimum Gasteiger partial charge on any atom is -0.325 e. The van der Waals surface area contributed by atoms with Gasteiger partial charge >= 0.3 is 0 Å². The first-order valence-electron chi connectivity index (χ1n) is 7.78. The molecule has 0 aliphatic heterocycles. The van der Waals surface area contributed by atoms with Crippen LogP contribution < -0.4 is 10.9 Å². The molecule has 0 saturated heterocycles. The molecule has 0 atom stereocenters. The van der Waals surface area contributed by atoms with Crippen molar-refractivity contribution < 1.29 is 4.79 Å². The predicted molar refractivity (Wildman–Crippen MR) is 104 cm³/mol. The summed E-state index contributed by atoms with van der Waals surface area (Å²) in [5, 5.41) is 15.5. The summed E-state index contributed by atoms with van der Waals surface area (Å²) in [6, 6.07) is 7.31. The largest absolute Gasteiger partial charge is 0.325 e. The van der Waals surface area contributed by atoms with Crippen LogP contribution in [-0.2, 0) is 10.2 Å². The van der Waals surface area contributed by atoms with Gasteiger partial charge in [0.1, 0.15) is 5.69 Å². The van der Waals surface area contributed by atoms with Crippen molar-refractivity contribution in [3.05, 3.63) is 44.8 Å². The van der Waals surface area contributed by atoms with Gasteiger partial charge in [-0.1, -0.05) is 48.5 Å². The highest BCUT2D eigenvalue weighted by Gasteiger charge is 2.22. The molecule has 1 aromatic carbocycles. The Bertz CT molecular complexity index is 1010. The van der Waals surface area contributed by atoms with E-state index >= 15 is 0 Å². The average molecular weight is 437 g/mol. The molecular formula is C16H17BrN6O2S. The second-order valence-corrected chi connectivity index (χ2v) is 8.47. The van der Waals surface area contributed by atoms with Gasteiger partial charge in [-0.2, -0.15) is 9.61 Å². The van der Waals surface area contributed by atoms with Crippen molar-refractivity contribution in [3.63, 3.8) is 0 Å². The highest BCUT2D eigenvalue weighted by atomic mass is 79.9. The molecule has 0 bridgehead atoms. The Labute approximate surface area is 161 Å². The highest BCUT2D eigenvalue weighted by molar-refractivity contribution is 9.10. The number of fused-ring (bicyclic) bond motifs is 1. The van der Waals surface area contributed by atoms with Gasteiger partial charge < -0.3 is 5.32 Å². The van der Waals surface area contributed by atoms with E-state index in [2.05, 4.69) is 41.5 Å². The molecule has 3 aromatic rings. The third kappa shape index (κ3) is 4.13. The molecule has 26 heavy (non-hydrogen) atoms. The fraction of sp³-hybridized carbons (Fsp3) is 0.312. The van der Waals surface area contributed by atoms with Crippen LogP contribution in [-0.4, -0.2) is 36.5 Å². The van der Waals surface area contributed by atoms with Gasteiger partial charge in [0.25, 0.3) is 11.3 Å². The number of hydrogen-bond acceptors (Lipinski definition) is 6. The van der Waals surface area contributed by atoms with Gasteiger partial charge in [-0.25, -0.2) is 0 Å². The minimum atomic E-state index is -0.424. The molecule has 3 rings (SSSR count). The summed E-state index contributed by atoms with van der Waals surface area (Å²) in [6.45, 7) is 5.71. The first kappa shape index (κ1) is 18.6. The van der Waals surface area contributed by atoms with Crippen molar-refractivity contribution >= 4 is 45.1 Å². The van der Waals surface area contributed by atoms with E-state index in [0.29, 0.717) is 16.5 Å². The molecule has 0 aliphatic carbocycles. The number of nitrogens with zero attached hydrogens (tertiary/aromatic N) is 4. The minimum absolute atomic E-state index is 0.141. The fourth-order valence-electron chi connectivity index (χ4n) is 2.18. The Balaban J connectivity index is 1.75. The second kappa shape index (κ2) is 7.20. The van der Waals surface area contributed by atoms with Crippen molar-refractivity contribution in [1.29, 1.82) is 0 Å². The molecule has 0 radical (unpaired) electrons. The van der Waals surface area contributed by atoms with Crippen LogP contribution in [0.25, 0.3) is 5.78 Å². The van der Waals surface area contributed by atoms with E-state index in [-0.39, 0.29) is 23.0 Å². The molecule has 1 amide bonds. The lowest BCUT2D eigenvalue weighted by molar-refractivity contribution is -0.113. The number of thioether (sulfide) groups is 1. The fourth-order valence-corrected chi connectivity index (χ4v) is 3.13. The molecule has 10 heteroatoms. The number of aromatic amines is 1. The molecule has 0 unspecified atom stereocenters. The normalized spacial score (nSPS) is 11.7. The van der Waals surface area contributed by atoms with E-state index in [1.165, 1.54) is 16.3 Å². The Morgan fingerprint density at radius 1 is 1.27 bits per heavy atom. The summed E-state index contributed by atoms with van der Waals surface area (Å²) in [7, 11) is 0. The Morgan fingerprint density at radius 3 is 2.62 bits per heavy atom. The van der Waals surface area contributed by atoms with E-state index in [1.807, 2.05) is 32.9 Å². The molecule has 0 spiro atoms. The summed E-state index contributed by atoms with van der Waals surface area (Å²) in [5.74, 6) is 0.219. The number of aromatic nitrogens is 5. The van der Waals surface area contributed by atoms with E-state index in [9.17, 15) is 9.59 Å². The van der Waals surface area contributed by atoms with Crippen LogP contribution in [0.1, 0.15) is 26.5 Å². The molecule has 2 aromatic heterocycles. The summed E-state index contributed by atoms with van der Waals surface area (Å²) in [5.41, 5.74) is 0.378. The molecule has 136 valence electrons. The average Bonchev–Trinajstić information content (AvgIpc) is 2.95. The van der Waals surface area contributed by atoms with Crippen molar-refractivity contribution in [2.24, 2.45) is 0 Å². The van der Waals surface area contributed by atoms with Gasteiger partial charge in [0.15, 0.2) is 0 Å². The van der Waals surface area contributed by atoms with Crippen molar-refractivity contribution in [2.75, 3.05) is 11.1 Å². The maximum Gasteiger partial charge on any atom is 0.274 e. The number of rotatable bonds is 4. The van der Waals surface area contributed by atoms with Crippen molar-refractivity contribution in [3.8, 4) is 0 Å². The summed E-state index contributed by atoms with van der Waals surface area (Å²) < 4.78 is 2.40. The summed E-state index contributed by atoms with van der Waals surface area (Å²) >= 11 is 4.55. The molecule has 8 nitrogen and oxygen atoms in total. The van der Waals surface area contributed by atoms with E-state index < -0.39 is 5.41 Å². The molecular weight excluding hydrogens is 420 g/mol. The number of nitrogens with one attached hydrogen (secondary N) is 2. The van der Waals surface area contributed by atoms with Crippen molar-refractivity contribution in [2.45, 2.75) is 31.3 Å². The predicted octanol–water partition coefficient (Wildman–Crippen LogP) is 2.60. The van der Waals surface area contributed by atoms with Crippen LogP contribution in [0.3, 0.4) is 0 Å². The van der Waals surface area contributed by atoms with Crippen LogP contribution in [0, 0.1) is 0 Å². The van der Waals surface area contributed by atoms with E-state index in [4.69, 9.17) is 0 Å². The van der Waals surface area contributed by atoms with Gasteiger partial charge in [-0.15, -0.1) is 10.2 Å². The lowest BCUT2D eigenvalue weighted by atomic mass is 9.93. The number of carbonyl (C=O) groups excluding carboxylic acids is 1. The van der Waals surface area contributed by atoms with Gasteiger partial charge in [-0.3, -0.25) is 14.6 Å². The maximum absolute atomic E-state index is 12.1. The summed E-state index contributed by atoms with van der Waals surface area (Å²) in [6.07, 6.45) is 0. The van der Waals surface area contributed by atoms with Gasteiger partial charge in [0.2, 0.25) is 11.1 Å². The Morgan fingerprint density at radius 2 is 1.96 bits per heavy atom. The standard InChI is InChI=1S/C16H17BrN6O2S/c1-16(2,3)12-13(25)19-14-20-21-15(23(14)22-12)26-8-11(24)18-10-6-4-9(17)5-7-10/h4-7H,8H2,1-3H3,(H,18,24)(H,19,20,25). The monoisotopic (exact) mass is 436 g/mol. The Hall–Kier alpha value is -2.20.